The largest absolute Gasteiger partial charge is 0.416 e. The average Bonchev–Trinajstić information content (AvgIpc) is 2.91. The molecule has 2 aliphatic rings. The summed E-state index contributed by atoms with van der Waals surface area (Å²) in [5.74, 6) is -0.315. The summed E-state index contributed by atoms with van der Waals surface area (Å²) in [7, 11) is 1.83. The van der Waals surface area contributed by atoms with Gasteiger partial charge in [-0.2, -0.15) is 13.2 Å². The highest BCUT2D eigenvalue weighted by Gasteiger charge is 2.37. The molecule has 3 nitrogen and oxygen atoms in total. The van der Waals surface area contributed by atoms with E-state index in [1.165, 1.54) is 18.9 Å². The third-order valence-corrected chi connectivity index (χ3v) is 5.56. The number of hydrogen-bond donors (Lipinski definition) is 1. The van der Waals surface area contributed by atoms with E-state index in [2.05, 4.69) is 5.32 Å². The van der Waals surface area contributed by atoms with Crippen LogP contribution in [-0.4, -0.2) is 36.0 Å². The molecule has 0 saturated carbocycles. The molecule has 25 heavy (non-hydrogen) atoms. The van der Waals surface area contributed by atoms with Crippen LogP contribution >= 0.6 is 0 Å². The number of halogens is 3. The van der Waals surface area contributed by atoms with Crippen molar-refractivity contribution < 1.29 is 18.0 Å². The van der Waals surface area contributed by atoms with Crippen LogP contribution in [0.25, 0.3) is 0 Å². The molecule has 1 aromatic carbocycles. The second-order valence-corrected chi connectivity index (χ2v) is 7.52. The summed E-state index contributed by atoms with van der Waals surface area (Å²) in [4.78, 5) is 14.6. The van der Waals surface area contributed by atoms with Crippen molar-refractivity contribution in [1.29, 1.82) is 0 Å². The van der Waals surface area contributed by atoms with Crippen LogP contribution in [0, 0.1) is 5.92 Å². The van der Waals surface area contributed by atoms with Crippen molar-refractivity contribution >= 4 is 5.91 Å². The molecule has 1 aromatic rings. The fraction of sp³-hybridized carbons (Fsp3) is 0.632. The highest BCUT2D eigenvalue weighted by atomic mass is 19.4. The summed E-state index contributed by atoms with van der Waals surface area (Å²) in [6.45, 7) is 1.80. The minimum absolute atomic E-state index is 0.0173. The molecule has 0 radical (unpaired) electrons. The molecule has 0 aromatic heterocycles. The average molecular weight is 354 g/mol. The molecular formula is C19H25F3N2O. The third-order valence-electron chi connectivity index (χ3n) is 5.56. The van der Waals surface area contributed by atoms with E-state index in [1.807, 2.05) is 11.9 Å². The molecule has 3 rings (SSSR count). The van der Waals surface area contributed by atoms with Gasteiger partial charge in [0.2, 0.25) is 5.91 Å². The van der Waals surface area contributed by atoms with Crippen molar-refractivity contribution in [3.8, 4) is 0 Å². The second kappa shape index (κ2) is 6.98. The summed E-state index contributed by atoms with van der Waals surface area (Å²) >= 11 is 0. The van der Waals surface area contributed by atoms with Crippen molar-refractivity contribution in [2.75, 3.05) is 7.05 Å². The van der Waals surface area contributed by atoms with E-state index in [0.29, 0.717) is 24.1 Å². The molecule has 1 amide bonds. The van der Waals surface area contributed by atoms with E-state index in [0.717, 1.165) is 25.0 Å². The van der Waals surface area contributed by atoms with Gasteiger partial charge in [0, 0.05) is 31.1 Å². The Labute approximate surface area is 146 Å². The quantitative estimate of drug-likeness (QED) is 0.896. The maximum atomic E-state index is 12.8. The number of amides is 1. The van der Waals surface area contributed by atoms with Gasteiger partial charge in [0.1, 0.15) is 0 Å². The molecule has 2 fully saturated rings. The van der Waals surface area contributed by atoms with Crippen LogP contribution in [0.2, 0.25) is 0 Å². The van der Waals surface area contributed by atoms with Crippen LogP contribution in [0.4, 0.5) is 13.2 Å². The number of fused-ring (bicyclic) bond motifs is 2. The molecule has 0 spiro atoms. The first-order valence-electron chi connectivity index (χ1n) is 8.93. The molecule has 3 unspecified atom stereocenters. The van der Waals surface area contributed by atoms with E-state index >= 15 is 0 Å². The molecule has 2 heterocycles. The van der Waals surface area contributed by atoms with Gasteiger partial charge in [-0.1, -0.05) is 25.1 Å². The number of carbonyl (C=O) groups is 1. The molecular weight excluding hydrogens is 329 g/mol. The lowest BCUT2D eigenvalue weighted by molar-refractivity contribution is -0.137. The molecule has 138 valence electrons. The number of nitrogens with zero attached hydrogens (tertiary/aromatic N) is 1. The molecule has 3 atom stereocenters. The Morgan fingerprint density at radius 1 is 1.28 bits per heavy atom. The number of benzene rings is 1. The van der Waals surface area contributed by atoms with Gasteiger partial charge in [0.05, 0.1) is 5.56 Å². The topological polar surface area (TPSA) is 32.3 Å². The Kier molecular flexibility index (Phi) is 5.09. The van der Waals surface area contributed by atoms with E-state index in [-0.39, 0.29) is 17.9 Å². The minimum atomic E-state index is -4.35. The fourth-order valence-corrected chi connectivity index (χ4v) is 4.19. The van der Waals surface area contributed by atoms with E-state index in [4.69, 9.17) is 0 Å². The smallest absolute Gasteiger partial charge is 0.342 e. The Morgan fingerprint density at radius 3 is 2.52 bits per heavy atom. The number of carbonyl (C=O) groups excluding carboxylic acids is 1. The van der Waals surface area contributed by atoms with E-state index < -0.39 is 11.7 Å². The zero-order chi connectivity index (χ0) is 18.2. The van der Waals surface area contributed by atoms with Crippen LogP contribution in [0.5, 0.6) is 0 Å². The Morgan fingerprint density at radius 2 is 1.92 bits per heavy atom. The lowest BCUT2D eigenvalue weighted by Crippen LogP contribution is -2.50. The van der Waals surface area contributed by atoms with Gasteiger partial charge < -0.3 is 10.2 Å². The zero-order valence-corrected chi connectivity index (χ0v) is 14.6. The zero-order valence-electron chi connectivity index (χ0n) is 14.6. The lowest BCUT2D eigenvalue weighted by atomic mass is 9.94. The number of hydrogen-bond acceptors (Lipinski definition) is 2. The van der Waals surface area contributed by atoms with Crippen molar-refractivity contribution in [3.63, 3.8) is 0 Å². The van der Waals surface area contributed by atoms with Crippen LogP contribution in [0.15, 0.2) is 24.3 Å². The summed E-state index contributed by atoms with van der Waals surface area (Å²) in [6, 6.07) is 6.50. The molecule has 2 aliphatic heterocycles. The molecule has 2 bridgehead atoms. The fourth-order valence-electron chi connectivity index (χ4n) is 4.19. The molecule has 2 saturated heterocycles. The SMILES string of the molecule is CC(Cc1cccc(C(F)(F)F)c1)C(=O)N(C)C1CC2CCC(C1)N2. The third kappa shape index (κ3) is 4.17. The lowest BCUT2D eigenvalue weighted by Gasteiger charge is -2.36. The van der Waals surface area contributed by atoms with Gasteiger partial charge in [-0.25, -0.2) is 0 Å². The first kappa shape index (κ1) is 18.2. The second-order valence-electron chi connectivity index (χ2n) is 7.52. The summed E-state index contributed by atoms with van der Waals surface area (Å²) < 4.78 is 38.5. The van der Waals surface area contributed by atoms with Crippen LogP contribution in [0.1, 0.15) is 43.7 Å². The van der Waals surface area contributed by atoms with Gasteiger partial charge in [0.25, 0.3) is 0 Å². The number of alkyl halides is 3. The van der Waals surface area contributed by atoms with Crippen molar-refractivity contribution in [2.45, 2.75) is 63.3 Å². The van der Waals surface area contributed by atoms with Gasteiger partial charge in [0.15, 0.2) is 0 Å². The number of piperidine rings is 1. The normalized spacial score (nSPS) is 27.2. The summed E-state index contributed by atoms with van der Waals surface area (Å²) in [5, 5.41) is 3.56. The maximum Gasteiger partial charge on any atom is 0.416 e. The Bertz CT molecular complexity index is 619. The maximum absolute atomic E-state index is 12.8. The number of rotatable bonds is 4. The van der Waals surface area contributed by atoms with Crippen molar-refractivity contribution in [1.82, 2.24) is 10.2 Å². The van der Waals surface area contributed by atoms with Gasteiger partial charge >= 0.3 is 6.18 Å². The standard InChI is InChI=1S/C19H25F3N2O/c1-12(8-13-4-3-5-14(9-13)19(20,21)22)18(25)24(2)17-10-15-6-7-16(11-17)23-15/h3-5,9,12,15-17,23H,6-8,10-11H2,1-2H3. The first-order chi connectivity index (χ1) is 11.7. The van der Waals surface area contributed by atoms with Crippen molar-refractivity contribution in [2.24, 2.45) is 5.92 Å². The highest BCUT2D eigenvalue weighted by molar-refractivity contribution is 5.79. The van der Waals surface area contributed by atoms with Gasteiger partial charge in [-0.15, -0.1) is 0 Å². The number of nitrogens with one attached hydrogen (secondary N) is 1. The van der Waals surface area contributed by atoms with Gasteiger partial charge in [-0.3, -0.25) is 4.79 Å². The molecule has 1 N–H and O–H groups in total. The van der Waals surface area contributed by atoms with Crippen LogP contribution < -0.4 is 5.32 Å². The highest BCUT2D eigenvalue weighted by Crippen LogP contribution is 2.31. The molecule has 0 aliphatic carbocycles. The van der Waals surface area contributed by atoms with Crippen LogP contribution in [-0.2, 0) is 17.4 Å². The summed E-state index contributed by atoms with van der Waals surface area (Å²) in [5.41, 5.74) is -0.109. The predicted octanol–water partition coefficient (Wildman–Crippen LogP) is 3.63. The minimum Gasteiger partial charge on any atom is -0.342 e. The van der Waals surface area contributed by atoms with E-state index in [9.17, 15) is 18.0 Å². The predicted molar refractivity (Wildman–Crippen MR) is 90.0 cm³/mol. The Balaban J connectivity index is 1.62. The van der Waals surface area contributed by atoms with Gasteiger partial charge in [-0.05, 0) is 43.7 Å². The van der Waals surface area contributed by atoms with Crippen molar-refractivity contribution in [3.05, 3.63) is 35.4 Å². The van der Waals surface area contributed by atoms with E-state index in [1.54, 1.807) is 13.0 Å². The summed E-state index contributed by atoms with van der Waals surface area (Å²) in [6.07, 6.45) is 0.245. The van der Waals surface area contributed by atoms with Crippen LogP contribution in [0.3, 0.4) is 0 Å². The molecule has 6 heteroatoms. The monoisotopic (exact) mass is 354 g/mol. The first-order valence-corrected chi connectivity index (χ1v) is 8.93. The Hall–Kier alpha value is -1.56.